The van der Waals surface area contributed by atoms with Crippen molar-refractivity contribution < 1.29 is 26.4 Å². The summed E-state index contributed by atoms with van der Waals surface area (Å²) >= 11 is 5.96. The van der Waals surface area contributed by atoms with Gasteiger partial charge in [0.15, 0.2) is 0 Å². The Labute approximate surface area is 251 Å². The van der Waals surface area contributed by atoms with Gasteiger partial charge >= 0.3 is 0 Å². The second-order valence-electron chi connectivity index (χ2n) is 9.36. The number of hydrogen-bond donors (Lipinski definition) is 2. The molecule has 0 aliphatic heterocycles. The highest BCUT2D eigenvalue weighted by Gasteiger charge is 2.29. The molecule has 0 radical (unpaired) electrons. The first-order valence-corrected chi connectivity index (χ1v) is 16.2. The number of rotatable bonds is 11. The molecule has 0 saturated carbocycles. The lowest BCUT2D eigenvalue weighted by atomic mass is 10.1. The monoisotopic (exact) mass is 627 g/mol. The van der Waals surface area contributed by atoms with Gasteiger partial charge in [0.25, 0.3) is 20.0 Å². The first kappa shape index (κ1) is 30.9. The van der Waals surface area contributed by atoms with Gasteiger partial charge in [-0.1, -0.05) is 35.9 Å². The van der Waals surface area contributed by atoms with Gasteiger partial charge in [-0.3, -0.25) is 13.8 Å². The molecule has 220 valence electrons. The van der Waals surface area contributed by atoms with Crippen LogP contribution in [-0.2, 0) is 24.8 Å². The number of amides is 1. The van der Waals surface area contributed by atoms with Gasteiger partial charge in [-0.05, 0) is 98.6 Å². The van der Waals surface area contributed by atoms with Crippen molar-refractivity contribution in [2.24, 2.45) is 0 Å². The molecular formula is C30H30ClN3O6S2. The van der Waals surface area contributed by atoms with Gasteiger partial charge in [-0.25, -0.2) is 16.8 Å². The van der Waals surface area contributed by atoms with E-state index in [-0.39, 0.29) is 33.5 Å². The predicted molar refractivity (Wildman–Crippen MR) is 165 cm³/mol. The second-order valence-corrected chi connectivity index (χ2v) is 13.3. The highest BCUT2D eigenvalue weighted by atomic mass is 35.5. The molecule has 0 aliphatic rings. The number of ether oxygens (including phenoxy) is 1. The maximum atomic E-state index is 13.7. The predicted octanol–water partition coefficient (Wildman–Crippen LogP) is 5.99. The van der Waals surface area contributed by atoms with Crippen molar-refractivity contribution in [2.45, 2.75) is 30.6 Å². The smallest absolute Gasteiger partial charge is 0.264 e. The molecule has 0 bridgehead atoms. The minimum Gasteiger partial charge on any atom is -0.492 e. The summed E-state index contributed by atoms with van der Waals surface area (Å²) in [4.78, 5) is 13.1. The number of sulfonamides is 2. The molecule has 0 unspecified atom stereocenters. The molecule has 0 aromatic heterocycles. The van der Waals surface area contributed by atoms with Gasteiger partial charge in [0, 0.05) is 10.7 Å². The SMILES string of the molecule is CCOc1ccccc1N(CC(=O)Nc1ccc(S(=O)(=O)Nc2cc(C)ccc2C)cc1)S(=O)(=O)c1ccc(Cl)cc1. The first-order valence-electron chi connectivity index (χ1n) is 12.9. The van der Waals surface area contributed by atoms with Crippen molar-refractivity contribution in [1.29, 1.82) is 0 Å². The van der Waals surface area contributed by atoms with Crippen molar-refractivity contribution in [1.82, 2.24) is 0 Å². The number of hydrogen-bond acceptors (Lipinski definition) is 6. The average molecular weight is 628 g/mol. The summed E-state index contributed by atoms with van der Waals surface area (Å²) in [7, 11) is -8.11. The number of benzene rings is 4. The fourth-order valence-electron chi connectivity index (χ4n) is 4.07. The molecule has 0 spiro atoms. The molecule has 12 heteroatoms. The number of aryl methyl sites for hydroxylation is 2. The molecule has 1 amide bonds. The summed E-state index contributed by atoms with van der Waals surface area (Å²) in [6, 6.07) is 23.2. The summed E-state index contributed by atoms with van der Waals surface area (Å²) in [6.07, 6.45) is 0. The summed E-state index contributed by atoms with van der Waals surface area (Å²) in [5.41, 5.74) is 2.63. The van der Waals surface area contributed by atoms with E-state index in [0.717, 1.165) is 15.4 Å². The third-order valence-corrected chi connectivity index (χ3v) is 9.62. The third kappa shape index (κ3) is 7.22. The van der Waals surface area contributed by atoms with Gasteiger partial charge < -0.3 is 10.1 Å². The lowest BCUT2D eigenvalue weighted by Crippen LogP contribution is -2.38. The van der Waals surface area contributed by atoms with E-state index in [9.17, 15) is 21.6 Å². The molecule has 0 aliphatic carbocycles. The molecule has 4 rings (SSSR count). The van der Waals surface area contributed by atoms with E-state index in [1.54, 1.807) is 44.2 Å². The Morgan fingerprint density at radius 1 is 0.857 bits per heavy atom. The van der Waals surface area contributed by atoms with Crippen LogP contribution in [0.15, 0.2) is 101 Å². The van der Waals surface area contributed by atoms with Crippen LogP contribution in [-0.4, -0.2) is 35.9 Å². The molecule has 4 aromatic carbocycles. The summed E-state index contributed by atoms with van der Waals surface area (Å²) in [6.45, 7) is 5.14. The molecule has 0 atom stereocenters. The molecule has 42 heavy (non-hydrogen) atoms. The van der Waals surface area contributed by atoms with Crippen LogP contribution in [0.5, 0.6) is 5.75 Å². The van der Waals surface area contributed by atoms with Crippen molar-refractivity contribution in [3.05, 3.63) is 107 Å². The van der Waals surface area contributed by atoms with Gasteiger partial charge in [0.05, 0.1) is 27.8 Å². The Kier molecular flexibility index (Phi) is 9.45. The fourth-order valence-corrected chi connectivity index (χ4v) is 6.75. The number of nitrogens with zero attached hydrogens (tertiary/aromatic N) is 1. The van der Waals surface area contributed by atoms with Crippen LogP contribution in [0.2, 0.25) is 5.02 Å². The molecule has 0 heterocycles. The topological polar surface area (TPSA) is 122 Å². The Bertz CT molecular complexity index is 1790. The van der Waals surface area contributed by atoms with Crippen LogP contribution in [0.25, 0.3) is 0 Å². The van der Waals surface area contributed by atoms with Crippen LogP contribution in [0.3, 0.4) is 0 Å². The normalized spacial score (nSPS) is 11.5. The van der Waals surface area contributed by atoms with E-state index in [0.29, 0.717) is 10.7 Å². The van der Waals surface area contributed by atoms with E-state index >= 15 is 0 Å². The molecular weight excluding hydrogens is 598 g/mol. The van der Waals surface area contributed by atoms with Crippen molar-refractivity contribution >= 4 is 54.6 Å². The zero-order valence-electron chi connectivity index (χ0n) is 23.2. The standard InChI is InChI=1S/C30H30ClN3O6S2/c1-4-40-29-8-6-5-7-28(29)34(42(38,39)26-15-11-23(31)12-16-26)20-30(35)32-24-13-17-25(18-14-24)41(36,37)33-27-19-21(2)9-10-22(27)3/h5-19,33H,4,20H2,1-3H3,(H,32,35). The lowest BCUT2D eigenvalue weighted by molar-refractivity contribution is -0.114. The molecule has 2 N–H and O–H groups in total. The first-order chi connectivity index (χ1) is 19.9. The zero-order chi connectivity index (χ0) is 30.5. The molecule has 0 saturated heterocycles. The average Bonchev–Trinajstić information content (AvgIpc) is 2.95. The number of carbonyl (C=O) groups excluding carboxylic acids is 1. The lowest BCUT2D eigenvalue weighted by Gasteiger charge is -2.26. The Morgan fingerprint density at radius 2 is 1.50 bits per heavy atom. The number of para-hydroxylation sites is 2. The van der Waals surface area contributed by atoms with E-state index in [2.05, 4.69) is 10.0 Å². The van der Waals surface area contributed by atoms with Crippen LogP contribution >= 0.6 is 11.6 Å². The summed E-state index contributed by atoms with van der Waals surface area (Å²) in [5, 5.41) is 3.01. The highest BCUT2D eigenvalue weighted by molar-refractivity contribution is 7.93. The second kappa shape index (κ2) is 12.8. The van der Waals surface area contributed by atoms with E-state index in [4.69, 9.17) is 16.3 Å². The Hall–Kier alpha value is -4.06. The third-order valence-electron chi connectivity index (χ3n) is 6.21. The molecule has 0 fully saturated rings. The number of anilines is 3. The van der Waals surface area contributed by atoms with Crippen molar-refractivity contribution in [2.75, 3.05) is 27.5 Å². The Morgan fingerprint density at radius 3 is 2.17 bits per heavy atom. The van der Waals surface area contributed by atoms with Crippen LogP contribution in [0, 0.1) is 13.8 Å². The van der Waals surface area contributed by atoms with Gasteiger partial charge in [-0.15, -0.1) is 0 Å². The van der Waals surface area contributed by atoms with E-state index in [1.165, 1.54) is 48.5 Å². The maximum absolute atomic E-state index is 13.7. The van der Waals surface area contributed by atoms with E-state index in [1.807, 2.05) is 19.1 Å². The van der Waals surface area contributed by atoms with Gasteiger partial charge in [-0.2, -0.15) is 0 Å². The quantitative estimate of drug-likeness (QED) is 0.211. The van der Waals surface area contributed by atoms with Crippen molar-refractivity contribution in [3.63, 3.8) is 0 Å². The number of halogens is 1. The molecule has 4 aromatic rings. The van der Waals surface area contributed by atoms with Crippen LogP contribution in [0.1, 0.15) is 18.1 Å². The largest absolute Gasteiger partial charge is 0.492 e. The van der Waals surface area contributed by atoms with Gasteiger partial charge in [0.1, 0.15) is 12.3 Å². The summed E-state index contributed by atoms with van der Waals surface area (Å²) in [5.74, 6) is -0.362. The highest BCUT2D eigenvalue weighted by Crippen LogP contribution is 2.33. The fraction of sp³-hybridized carbons (Fsp3) is 0.167. The van der Waals surface area contributed by atoms with E-state index < -0.39 is 32.5 Å². The van der Waals surface area contributed by atoms with Crippen LogP contribution < -0.4 is 19.1 Å². The Balaban J connectivity index is 1.57. The van der Waals surface area contributed by atoms with Crippen molar-refractivity contribution in [3.8, 4) is 5.75 Å². The minimum atomic E-state index is -4.22. The minimum absolute atomic E-state index is 0.000936. The number of nitrogens with one attached hydrogen (secondary N) is 2. The maximum Gasteiger partial charge on any atom is 0.264 e. The molecule has 9 nitrogen and oxygen atoms in total. The zero-order valence-corrected chi connectivity index (χ0v) is 25.6. The summed E-state index contributed by atoms with van der Waals surface area (Å²) < 4.78 is 62.5. The number of carbonyl (C=O) groups is 1. The van der Waals surface area contributed by atoms with Gasteiger partial charge in [0.2, 0.25) is 5.91 Å². The van der Waals surface area contributed by atoms with Crippen LogP contribution in [0.4, 0.5) is 17.1 Å².